The Morgan fingerprint density at radius 3 is 2.71 bits per heavy atom. The molecule has 0 spiro atoms. The molecular formula is C22H25N9O4. The van der Waals surface area contributed by atoms with Crippen molar-refractivity contribution in [2.75, 3.05) is 25.6 Å². The minimum absolute atomic E-state index is 0.210. The summed E-state index contributed by atoms with van der Waals surface area (Å²) in [5, 5.41) is 21.7. The molecule has 0 aliphatic rings. The Kier molecular flexibility index (Phi) is 8.52. The van der Waals surface area contributed by atoms with Gasteiger partial charge in [0.05, 0.1) is 49.8 Å². The summed E-state index contributed by atoms with van der Waals surface area (Å²) in [6.45, 7) is 0.611. The maximum atomic E-state index is 11.9. The molecule has 0 fully saturated rings. The summed E-state index contributed by atoms with van der Waals surface area (Å²) in [5.41, 5.74) is 12.2. The fraction of sp³-hybridized carbons (Fsp3) is 0.273. The SMILES string of the molecule is COc1cccc(OCCCNC(=O)[C@@H](N)CC(N)=O)c1-c1cc(Nc2cnc(C#N)cn2)n[nH]1. The number of nitriles is 1. The first-order valence-electron chi connectivity index (χ1n) is 10.6. The average molecular weight is 480 g/mol. The lowest BCUT2D eigenvalue weighted by Gasteiger charge is -2.14. The summed E-state index contributed by atoms with van der Waals surface area (Å²) in [5.74, 6) is 0.942. The van der Waals surface area contributed by atoms with Crippen LogP contribution in [0.3, 0.4) is 0 Å². The highest BCUT2D eigenvalue weighted by atomic mass is 16.5. The first kappa shape index (κ1) is 24.9. The van der Waals surface area contributed by atoms with Crippen LogP contribution in [-0.2, 0) is 9.59 Å². The van der Waals surface area contributed by atoms with Crippen molar-refractivity contribution in [3.8, 4) is 28.8 Å². The molecule has 7 N–H and O–H groups in total. The number of rotatable bonds is 12. The van der Waals surface area contributed by atoms with Crippen molar-refractivity contribution in [2.24, 2.45) is 11.5 Å². The van der Waals surface area contributed by atoms with Crippen LogP contribution in [0.4, 0.5) is 11.6 Å². The highest BCUT2D eigenvalue weighted by Gasteiger charge is 2.17. The third-order valence-corrected chi connectivity index (χ3v) is 4.71. The van der Waals surface area contributed by atoms with Gasteiger partial charge in [0.1, 0.15) is 23.4 Å². The molecule has 13 heteroatoms. The van der Waals surface area contributed by atoms with Gasteiger partial charge in [-0.15, -0.1) is 0 Å². The molecule has 2 amide bonds. The van der Waals surface area contributed by atoms with Crippen molar-refractivity contribution >= 4 is 23.5 Å². The van der Waals surface area contributed by atoms with E-state index in [9.17, 15) is 9.59 Å². The van der Waals surface area contributed by atoms with Gasteiger partial charge in [-0.25, -0.2) is 9.97 Å². The zero-order valence-electron chi connectivity index (χ0n) is 18.9. The number of hydrogen-bond donors (Lipinski definition) is 5. The molecule has 2 heterocycles. The van der Waals surface area contributed by atoms with E-state index in [1.165, 1.54) is 12.4 Å². The Labute approximate surface area is 200 Å². The number of aromatic amines is 1. The molecule has 13 nitrogen and oxygen atoms in total. The van der Waals surface area contributed by atoms with Gasteiger partial charge in [-0.3, -0.25) is 14.7 Å². The number of carbonyl (C=O) groups is 2. The first-order valence-corrected chi connectivity index (χ1v) is 10.6. The lowest BCUT2D eigenvalue weighted by atomic mass is 10.1. The summed E-state index contributed by atoms with van der Waals surface area (Å²) in [6.07, 6.45) is 3.08. The summed E-state index contributed by atoms with van der Waals surface area (Å²) < 4.78 is 11.4. The molecule has 2 aromatic heterocycles. The van der Waals surface area contributed by atoms with E-state index in [0.717, 1.165) is 0 Å². The fourth-order valence-corrected chi connectivity index (χ4v) is 3.07. The van der Waals surface area contributed by atoms with Crippen molar-refractivity contribution in [1.82, 2.24) is 25.5 Å². The number of nitrogens with zero attached hydrogens (tertiary/aromatic N) is 4. The van der Waals surface area contributed by atoms with Crippen LogP contribution in [-0.4, -0.2) is 58.3 Å². The minimum atomic E-state index is -0.975. The minimum Gasteiger partial charge on any atom is -0.496 e. The van der Waals surface area contributed by atoms with Crippen LogP contribution in [0, 0.1) is 11.3 Å². The number of H-pyrrole nitrogens is 1. The van der Waals surface area contributed by atoms with Gasteiger partial charge in [-0.1, -0.05) is 6.07 Å². The lowest BCUT2D eigenvalue weighted by Crippen LogP contribution is -2.43. The fourth-order valence-electron chi connectivity index (χ4n) is 3.07. The summed E-state index contributed by atoms with van der Waals surface area (Å²) in [4.78, 5) is 30.8. The van der Waals surface area contributed by atoms with Gasteiger partial charge < -0.3 is 31.6 Å². The number of nitrogens with two attached hydrogens (primary N) is 2. The van der Waals surface area contributed by atoms with E-state index in [0.29, 0.717) is 54.0 Å². The highest BCUT2D eigenvalue weighted by Crippen LogP contribution is 2.38. The third-order valence-electron chi connectivity index (χ3n) is 4.71. The number of ether oxygens (including phenoxy) is 2. The standard InChI is InChI=1S/C22H25N9O4/c1-34-16-4-2-5-17(35-7-3-6-26-22(33)14(24)8-18(25)32)21(16)15-9-19(31-30-15)29-20-12-27-13(10-23)11-28-20/h2,4-5,9,11-12,14H,3,6-8,24H2,1H3,(H2,25,32)(H,26,33)(H2,28,29,30,31)/t14-/m0/s1. The van der Waals surface area contributed by atoms with Gasteiger partial charge in [0.15, 0.2) is 11.5 Å². The Hall–Kier alpha value is -4.70. The number of nitrogens with one attached hydrogen (secondary N) is 3. The van der Waals surface area contributed by atoms with E-state index in [4.69, 9.17) is 26.2 Å². The van der Waals surface area contributed by atoms with Crippen molar-refractivity contribution in [1.29, 1.82) is 5.26 Å². The Bertz CT molecular complexity index is 1200. The lowest BCUT2D eigenvalue weighted by molar-refractivity contribution is -0.126. The number of methoxy groups -OCH3 is 1. The topological polar surface area (TPSA) is 207 Å². The molecule has 0 aliphatic carbocycles. The van der Waals surface area contributed by atoms with E-state index in [2.05, 4.69) is 30.8 Å². The zero-order chi connectivity index (χ0) is 25.2. The van der Waals surface area contributed by atoms with Gasteiger partial charge >= 0.3 is 0 Å². The average Bonchev–Trinajstić information content (AvgIpc) is 3.31. The molecule has 0 radical (unpaired) electrons. The van der Waals surface area contributed by atoms with Crippen molar-refractivity contribution < 1.29 is 19.1 Å². The smallest absolute Gasteiger partial charge is 0.237 e. The number of aromatic nitrogens is 4. The van der Waals surface area contributed by atoms with Crippen LogP contribution >= 0.6 is 0 Å². The normalized spacial score (nSPS) is 11.2. The second-order valence-electron chi connectivity index (χ2n) is 7.29. The number of carbonyl (C=O) groups excluding carboxylic acids is 2. The largest absolute Gasteiger partial charge is 0.496 e. The molecular weight excluding hydrogens is 454 g/mol. The second kappa shape index (κ2) is 12.0. The second-order valence-corrected chi connectivity index (χ2v) is 7.29. The van der Waals surface area contributed by atoms with Gasteiger partial charge in [0.2, 0.25) is 11.8 Å². The molecule has 35 heavy (non-hydrogen) atoms. The quantitative estimate of drug-likeness (QED) is 0.228. The van der Waals surface area contributed by atoms with Crippen molar-refractivity contribution in [2.45, 2.75) is 18.9 Å². The number of anilines is 2. The van der Waals surface area contributed by atoms with Crippen LogP contribution in [0.5, 0.6) is 11.5 Å². The molecule has 1 atom stereocenters. The maximum Gasteiger partial charge on any atom is 0.237 e. The number of amides is 2. The van der Waals surface area contributed by atoms with Gasteiger partial charge in [0, 0.05) is 12.6 Å². The highest BCUT2D eigenvalue weighted by molar-refractivity contribution is 5.87. The van der Waals surface area contributed by atoms with Crippen LogP contribution in [0.1, 0.15) is 18.5 Å². The molecule has 1 aromatic carbocycles. The van der Waals surface area contributed by atoms with Crippen LogP contribution in [0.25, 0.3) is 11.3 Å². The van der Waals surface area contributed by atoms with Crippen molar-refractivity contribution in [3.05, 3.63) is 42.4 Å². The molecule has 0 unspecified atom stereocenters. The molecule has 182 valence electrons. The maximum absolute atomic E-state index is 11.9. The first-order chi connectivity index (χ1) is 16.9. The summed E-state index contributed by atoms with van der Waals surface area (Å²) in [6, 6.07) is 8.07. The van der Waals surface area contributed by atoms with Gasteiger partial charge in [-0.2, -0.15) is 10.4 Å². The number of primary amides is 1. The molecule has 0 saturated heterocycles. The molecule has 3 rings (SSSR count). The van der Waals surface area contributed by atoms with E-state index >= 15 is 0 Å². The monoisotopic (exact) mass is 479 g/mol. The predicted octanol–water partition coefficient (Wildman–Crippen LogP) is 0.578. The van der Waals surface area contributed by atoms with E-state index in [1.54, 1.807) is 31.4 Å². The van der Waals surface area contributed by atoms with Crippen molar-refractivity contribution in [3.63, 3.8) is 0 Å². The molecule has 0 bridgehead atoms. The van der Waals surface area contributed by atoms with E-state index in [-0.39, 0.29) is 12.1 Å². The predicted molar refractivity (Wildman–Crippen MR) is 126 cm³/mol. The number of hydrogen-bond acceptors (Lipinski definition) is 10. The molecule has 0 saturated carbocycles. The Morgan fingerprint density at radius 1 is 1.23 bits per heavy atom. The number of benzene rings is 1. The summed E-state index contributed by atoms with van der Waals surface area (Å²) in [7, 11) is 1.55. The van der Waals surface area contributed by atoms with Gasteiger partial charge in [-0.05, 0) is 18.6 Å². The zero-order valence-corrected chi connectivity index (χ0v) is 18.9. The Morgan fingerprint density at radius 2 is 2.03 bits per heavy atom. The Balaban J connectivity index is 1.63. The van der Waals surface area contributed by atoms with Crippen LogP contribution < -0.4 is 31.6 Å². The van der Waals surface area contributed by atoms with Gasteiger partial charge in [0.25, 0.3) is 0 Å². The molecule has 0 aliphatic heterocycles. The van der Waals surface area contributed by atoms with Crippen LogP contribution in [0.15, 0.2) is 36.7 Å². The summed E-state index contributed by atoms with van der Waals surface area (Å²) >= 11 is 0. The van der Waals surface area contributed by atoms with E-state index < -0.39 is 17.9 Å². The van der Waals surface area contributed by atoms with E-state index in [1.807, 2.05) is 6.07 Å². The molecule has 3 aromatic rings. The third kappa shape index (κ3) is 6.89. The van der Waals surface area contributed by atoms with Crippen LogP contribution in [0.2, 0.25) is 0 Å².